The van der Waals surface area contributed by atoms with Gasteiger partial charge in [0.15, 0.2) is 23.6 Å². The molecule has 1 saturated heterocycles. The van der Waals surface area contributed by atoms with E-state index in [1.807, 2.05) is 42.5 Å². The molecule has 6 N–H and O–H groups in total. The average Bonchev–Trinajstić information content (AvgIpc) is 3.64. The molecule has 1 spiro atoms. The summed E-state index contributed by atoms with van der Waals surface area (Å²) in [6, 6.07) is 17.5. The Hall–Kier alpha value is -3.72. The summed E-state index contributed by atoms with van der Waals surface area (Å²) < 4.78 is 6.71. The molecule has 4 atom stereocenters. The summed E-state index contributed by atoms with van der Waals surface area (Å²) in [5, 5.41) is 29.0. The largest absolute Gasteiger partial charge is 0.504 e. The van der Waals surface area contributed by atoms with E-state index in [1.165, 1.54) is 18.4 Å². The predicted octanol–water partition coefficient (Wildman–Crippen LogP) is 5.15. The molecule has 8 nitrogen and oxygen atoms in total. The number of nitrogens with zero attached hydrogens (tertiary/aromatic N) is 2. The number of phenolic OH excluding ortho intramolecular Hbond substituents is 1. The zero-order valence-electron chi connectivity index (χ0n) is 23.7. The van der Waals surface area contributed by atoms with Crippen LogP contribution in [0, 0.1) is 5.92 Å². The van der Waals surface area contributed by atoms with Crippen LogP contribution in [-0.2, 0) is 24.8 Å². The molecular weight excluding hydrogens is 562 g/mol. The second-order valence-electron chi connectivity index (χ2n) is 13.2. The zero-order valence-corrected chi connectivity index (χ0v) is 24.5. The van der Waals surface area contributed by atoms with Gasteiger partial charge in [0.1, 0.15) is 0 Å². The van der Waals surface area contributed by atoms with Crippen LogP contribution < -0.4 is 15.8 Å². The van der Waals surface area contributed by atoms with Gasteiger partial charge in [0.2, 0.25) is 0 Å². The average molecular weight is 596 g/mol. The fourth-order valence-corrected chi connectivity index (χ4v) is 8.78. The number of halogens is 1. The first-order chi connectivity index (χ1) is 20.8. The maximum absolute atomic E-state index is 13.1. The molecule has 9 heteroatoms. The van der Waals surface area contributed by atoms with Gasteiger partial charge in [-0.2, -0.15) is 0 Å². The Bertz CT molecular complexity index is 1830. The molecule has 1 saturated carbocycles. The number of piperidine rings is 1. The molecule has 4 aromatic rings. The Morgan fingerprint density at radius 2 is 2.00 bits per heavy atom. The topological polar surface area (TPSA) is 119 Å². The Kier molecular flexibility index (Phi) is 5.33. The number of H-pyrrole nitrogens is 1. The summed E-state index contributed by atoms with van der Waals surface area (Å²) in [4.78, 5) is 10.7. The molecule has 5 aliphatic rings. The van der Waals surface area contributed by atoms with Crippen LogP contribution in [0.15, 0.2) is 59.6 Å². The maximum atomic E-state index is 13.1. The number of aliphatic imine (C=N–C) groups is 1. The summed E-state index contributed by atoms with van der Waals surface area (Å²) in [5.41, 5.74) is 11.8. The number of rotatable bonds is 5. The van der Waals surface area contributed by atoms with Gasteiger partial charge in [-0.1, -0.05) is 29.8 Å². The SMILES string of the molecule is NC(=NCc1ccc(Cl)cc1)Nc1ccc2[nH]c3c(c2c1)C[C@@]1(O)[C@@H]2Cc4ccc(O)c5c4[C@@]1(CCN2CC1CC1)[C@H]3O5. The van der Waals surface area contributed by atoms with E-state index in [9.17, 15) is 10.2 Å². The Morgan fingerprint density at radius 1 is 1.16 bits per heavy atom. The number of likely N-dealkylation sites (tertiary alicyclic amines) is 1. The van der Waals surface area contributed by atoms with Gasteiger partial charge in [-0.25, -0.2) is 4.99 Å². The number of benzene rings is 3. The second-order valence-corrected chi connectivity index (χ2v) is 13.6. The summed E-state index contributed by atoms with van der Waals surface area (Å²) in [5.74, 6) is 1.76. The number of phenols is 1. The van der Waals surface area contributed by atoms with Crippen LogP contribution in [-0.4, -0.2) is 50.8 Å². The van der Waals surface area contributed by atoms with E-state index in [2.05, 4.69) is 26.3 Å². The van der Waals surface area contributed by atoms with E-state index >= 15 is 0 Å². The minimum Gasteiger partial charge on any atom is -0.504 e. The molecule has 2 fully saturated rings. The molecule has 3 aliphatic carbocycles. The maximum Gasteiger partial charge on any atom is 0.193 e. The van der Waals surface area contributed by atoms with Crippen LogP contribution in [0.25, 0.3) is 10.9 Å². The predicted molar refractivity (Wildman–Crippen MR) is 167 cm³/mol. The van der Waals surface area contributed by atoms with Crippen molar-refractivity contribution in [2.24, 2.45) is 16.6 Å². The lowest BCUT2D eigenvalue weighted by Crippen LogP contribution is -2.74. The van der Waals surface area contributed by atoms with E-state index in [0.29, 0.717) is 29.7 Å². The molecule has 43 heavy (non-hydrogen) atoms. The Labute approximate surface area is 254 Å². The van der Waals surface area contributed by atoms with Crippen molar-refractivity contribution >= 4 is 34.2 Å². The lowest BCUT2D eigenvalue weighted by molar-refractivity contribution is -0.173. The quantitative estimate of drug-likeness (QED) is 0.161. The molecule has 0 unspecified atom stereocenters. The number of aromatic amines is 1. The summed E-state index contributed by atoms with van der Waals surface area (Å²) in [6.07, 6.45) is 4.23. The van der Waals surface area contributed by atoms with Crippen molar-refractivity contribution < 1.29 is 14.9 Å². The van der Waals surface area contributed by atoms with Crippen molar-refractivity contribution in [1.82, 2.24) is 9.88 Å². The van der Waals surface area contributed by atoms with Gasteiger partial charge in [0.25, 0.3) is 0 Å². The highest BCUT2D eigenvalue weighted by Crippen LogP contribution is 2.69. The molecule has 2 aliphatic heterocycles. The number of nitrogens with one attached hydrogen (secondary N) is 2. The van der Waals surface area contributed by atoms with Crippen LogP contribution >= 0.6 is 11.6 Å². The molecular formula is C34H34ClN5O3. The lowest BCUT2D eigenvalue weighted by atomic mass is 9.49. The highest BCUT2D eigenvalue weighted by atomic mass is 35.5. The highest BCUT2D eigenvalue weighted by molar-refractivity contribution is 6.30. The molecule has 0 radical (unpaired) electrons. The number of anilines is 1. The number of hydrogen-bond acceptors (Lipinski definition) is 5. The van der Waals surface area contributed by atoms with Gasteiger partial charge < -0.3 is 31.0 Å². The smallest absolute Gasteiger partial charge is 0.193 e. The second kappa shape index (κ2) is 8.91. The Morgan fingerprint density at radius 3 is 2.81 bits per heavy atom. The minimum atomic E-state index is -1.03. The first kappa shape index (κ1) is 25.7. The van der Waals surface area contributed by atoms with Crippen molar-refractivity contribution in [2.75, 3.05) is 18.4 Å². The van der Waals surface area contributed by atoms with Gasteiger partial charge in [0, 0.05) is 46.2 Å². The third kappa shape index (κ3) is 3.60. The monoisotopic (exact) mass is 595 g/mol. The van der Waals surface area contributed by atoms with Crippen molar-refractivity contribution in [1.29, 1.82) is 0 Å². The van der Waals surface area contributed by atoms with Gasteiger partial charge in [-0.3, -0.25) is 4.90 Å². The van der Waals surface area contributed by atoms with Crippen LogP contribution in [0.5, 0.6) is 11.5 Å². The molecule has 1 aromatic heterocycles. The van der Waals surface area contributed by atoms with Gasteiger partial charge in [-0.15, -0.1) is 0 Å². The van der Waals surface area contributed by atoms with Crippen LogP contribution in [0.4, 0.5) is 5.69 Å². The number of guanidine groups is 1. The number of aromatic hydroxyl groups is 1. The molecule has 2 bridgehead atoms. The number of fused-ring (bicyclic) bond motifs is 4. The summed E-state index contributed by atoms with van der Waals surface area (Å²) in [7, 11) is 0. The molecule has 220 valence electrons. The van der Waals surface area contributed by atoms with E-state index in [4.69, 9.17) is 22.1 Å². The van der Waals surface area contributed by atoms with Crippen molar-refractivity contribution in [2.45, 2.75) is 61.8 Å². The van der Waals surface area contributed by atoms with Crippen LogP contribution in [0.2, 0.25) is 5.02 Å². The van der Waals surface area contributed by atoms with Crippen molar-refractivity contribution in [3.8, 4) is 11.5 Å². The van der Waals surface area contributed by atoms with E-state index in [0.717, 1.165) is 70.8 Å². The highest BCUT2D eigenvalue weighted by Gasteiger charge is 2.72. The number of aromatic nitrogens is 1. The van der Waals surface area contributed by atoms with E-state index < -0.39 is 17.1 Å². The zero-order chi connectivity index (χ0) is 29.1. The third-order valence-electron chi connectivity index (χ3n) is 10.8. The number of ether oxygens (including phenoxy) is 1. The third-order valence-corrected chi connectivity index (χ3v) is 11.0. The fourth-order valence-electron chi connectivity index (χ4n) is 8.65. The summed E-state index contributed by atoms with van der Waals surface area (Å²) in [6.45, 7) is 2.41. The van der Waals surface area contributed by atoms with Crippen molar-refractivity contribution in [3.63, 3.8) is 0 Å². The van der Waals surface area contributed by atoms with E-state index in [1.54, 1.807) is 6.07 Å². The minimum absolute atomic E-state index is 0.00834. The van der Waals surface area contributed by atoms with Gasteiger partial charge in [-0.05, 0) is 91.2 Å². The molecule has 0 amide bonds. The van der Waals surface area contributed by atoms with Crippen molar-refractivity contribution in [3.05, 3.63) is 87.6 Å². The number of nitrogens with two attached hydrogens (primary N) is 1. The standard InChI is InChI=1S/C34H34ClN5O3/c35-21-6-3-18(4-7-21)16-37-32(36)38-22-8-9-25-23(14-22)24-15-34(42)27-13-20-5-10-26(41)30-28(20)33(34,31(43-30)29(24)39-25)11-12-40(27)17-19-1-2-19/h3-10,14,19,27,31,39,41-42H,1-2,11-13,15-17H2,(H3,36,37,38)/t27-,31-,33-,34+/m0/s1. The first-order valence-corrected chi connectivity index (χ1v) is 15.7. The van der Waals surface area contributed by atoms with Gasteiger partial charge >= 0.3 is 0 Å². The van der Waals surface area contributed by atoms with Gasteiger partial charge in [0.05, 0.1) is 23.3 Å². The first-order valence-electron chi connectivity index (χ1n) is 15.3. The molecule has 9 rings (SSSR count). The number of hydrogen-bond donors (Lipinski definition) is 5. The lowest BCUT2D eigenvalue weighted by Gasteiger charge is -2.62. The fraction of sp³-hybridized carbons (Fsp3) is 0.382. The van der Waals surface area contributed by atoms with Crippen LogP contribution in [0.3, 0.4) is 0 Å². The van der Waals surface area contributed by atoms with E-state index in [-0.39, 0.29) is 11.8 Å². The summed E-state index contributed by atoms with van der Waals surface area (Å²) >= 11 is 6.00. The number of aliphatic hydroxyl groups is 1. The molecule has 3 aromatic carbocycles. The molecule has 3 heterocycles. The normalized spacial score (nSPS) is 28.8. The van der Waals surface area contributed by atoms with Crippen LogP contribution in [0.1, 0.15) is 53.3 Å². The Balaban J connectivity index is 1.12.